The number of rotatable bonds is 2. The molecule has 0 saturated carbocycles. The van der Waals surface area contributed by atoms with Crippen molar-refractivity contribution in [3.05, 3.63) is 35.1 Å². The third kappa shape index (κ3) is 1.47. The van der Waals surface area contributed by atoms with Gasteiger partial charge in [0.1, 0.15) is 12.1 Å². The SMILES string of the molecule is O=CCc1c(F)ccc(F)c1F. The lowest BCUT2D eigenvalue weighted by Crippen LogP contribution is -1.99. The largest absolute Gasteiger partial charge is 0.303 e. The quantitative estimate of drug-likeness (QED) is 0.494. The number of carbonyl (C=O) groups excluding carboxylic acids is 1. The van der Waals surface area contributed by atoms with Gasteiger partial charge in [-0.15, -0.1) is 0 Å². The highest BCUT2D eigenvalue weighted by Gasteiger charge is 2.12. The van der Waals surface area contributed by atoms with Gasteiger partial charge in [0, 0.05) is 12.0 Å². The fraction of sp³-hybridized carbons (Fsp3) is 0.125. The lowest BCUT2D eigenvalue weighted by Gasteiger charge is -2.00. The zero-order chi connectivity index (χ0) is 9.14. The van der Waals surface area contributed by atoms with Crippen LogP contribution in [0.2, 0.25) is 0 Å². The second kappa shape index (κ2) is 3.38. The molecule has 0 amide bonds. The maximum absolute atomic E-state index is 12.7. The number of aldehydes is 1. The normalized spacial score (nSPS) is 9.92. The second-order valence-corrected chi connectivity index (χ2v) is 2.19. The molecule has 12 heavy (non-hydrogen) atoms. The molecular formula is C8H5F3O. The van der Waals surface area contributed by atoms with Gasteiger partial charge in [0.05, 0.1) is 0 Å². The Morgan fingerprint density at radius 3 is 2.33 bits per heavy atom. The highest BCUT2D eigenvalue weighted by molar-refractivity contribution is 5.55. The summed E-state index contributed by atoms with van der Waals surface area (Å²) >= 11 is 0. The van der Waals surface area contributed by atoms with Gasteiger partial charge in [0.25, 0.3) is 0 Å². The van der Waals surface area contributed by atoms with Gasteiger partial charge >= 0.3 is 0 Å². The first-order chi connectivity index (χ1) is 5.66. The van der Waals surface area contributed by atoms with Crippen LogP contribution in [0, 0.1) is 17.5 Å². The Morgan fingerprint density at radius 1 is 1.17 bits per heavy atom. The van der Waals surface area contributed by atoms with Crippen LogP contribution in [-0.4, -0.2) is 6.29 Å². The van der Waals surface area contributed by atoms with Crippen molar-refractivity contribution in [2.24, 2.45) is 0 Å². The van der Waals surface area contributed by atoms with E-state index < -0.39 is 29.4 Å². The molecule has 0 aliphatic carbocycles. The molecule has 0 bridgehead atoms. The average Bonchev–Trinajstić information content (AvgIpc) is 2.06. The Kier molecular flexibility index (Phi) is 2.47. The monoisotopic (exact) mass is 174 g/mol. The summed E-state index contributed by atoms with van der Waals surface area (Å²) in [7, 11) is 0. The molecule has 0 fully saturated rings. The number of carbonyl (C=O) groups is 1. The number of hydrogen-bond donors (Lipinski definition) is 0. The van der Waals surface area contributed by atoms with Gasteiger partial charge in [-0.1, -0.05) is 0 Å². The number of halogens is 3. The Balaban J connectivity index is 3.22. The average molecular weight is 174 g/mol. The van der Waals surface area contributed by atoms with Crippen LogP contribution in [0.5, 0.6) is 0 Å². The van der Waals surface area contributed by atoms with E-state index in [4.69, 9.17) is 0 Å². The number of benzene rings is 1. The van der Waals surface area contributed by atoms with E-state index in [0.29, 0.717) is 12.4 Å². The summed E-state index contributed by atoms with van der Waals surface area (Å²) in [5.41, 5.74) is -0.523. The summed E-state index contributed by atoms with van der Waals surface area (Å²) in [4.78, 5) is 9.93. The van der Waals surface area contributed by atoms with Gasteiger partial charge in [0.15, 0.2) is 11.6 Å². The molecule has 1 aromatic carbocycles. The van der Waals surface area contributed by atoms with Crippen LogP contribution in [-0.2, 0) is 11.2 Å². The summed E-state index contributed by atoms with van der Waals surface area (Å²) in [6.07, 6.45) is -0.129. The summed E-state index contributed by atoms with van der Waals surface area (Å²) in [6.45, 7) is 0. The molecule has 0 atom stereocenters. The number of hydrogen-bond acceptors (Lipinski definition) is 1. The molecule has 1 rings (SSSR count). The van der Waals surface area contributed by atoms with E-state index in [2.05, 4.69) is 0 Å². The summed E-state index contributed by atoms with van der Waals surface area (Å²) in [6, 6.07) is 1.47. The predicted octanol–water partition coefficient (Wildman–Crippen LogP) is 1.85. The molecule has 0 spiro atoms. The topological polar surface area (TPSA) is 17.1 Å². The van der Waals surface area contributed by atoms with Crippen LogP contribution in [0.25, 0.3) is 0 Å². The summed E-state index contributed by atoms with van der Waals surface area (Å²) in [5, 5.41) is 0. The van der Waals surface area contributed by atoms with Crippen molar-refractivity contribution in [3.63, 3.8) is 0 Å². The van der Waals surface area contributed by atoms with Crippen LogP contribution in [0.15, 0.2) is 12.1 Å². The predicted molar refractivity (Wildman–Crippen MR) is 36.1 cm³/mol. The lowest BCUT2D eigenvalue weighted by atomic mass is 10.1. The molecule has 0 heterocycles. The first-order valence-corrected chi connectivity index (χ1v) is 3.23. The van der Waals surface area contributed by atoms with Gasteiger partial charge in [-0.2, -0.15) is 0 Å². The standard InChI is InChI=1S/C8H5F3O/c9-6-1-2-7(10)8(11)5(6)3-4-12/h1-2,4H,3H2. The van der Waals surface area contributed by atoms with Crippen molar-refractivity contribution in [3.8, 4) is 0 Å². The van der Waals surface area contributed by atoms with Crippen LogP contribution < -0.4 is 0 Å². The molecule has 0 N–H and O–H groups in total. The highest BCUT2D eigenvalue weighted by Crippen LogP contribution is 2.15. The van der Waals surface area contributed by atoms with Crippen molar-refractivity contribution >= 4 is 6.29 Å². The Bertz CT molecular complexity index is 309. The Labute approximate surface area is 66.8 Å². The maximum atomic E-state index is 12.7. The molecule has 0 aliphatic rings. The summed E-state index contributed by atoms with van der Waals surface area (Å²) < 4.78 is 37.8. The molecular weight excluding hydrogens is 169 g/mol. The third-order valence-electron chi connectivity index (χ3n) is 1.43. The van der Waals surface area contributed by atoms with E-state index in [-0.39, 0.29) is 0 Å². The first-order valence-electron chi connectivity index (χ1n) is 3.23. The minimum atomic E-state index is -1.29. The molecule has 0 aromatic heterocycles. The molecule has 1 nitrogen and oxygen atoms in total. The van der Waals surface area contributed by atoms with Crippen molar-refractivity contribution in [2.45, 2.75) is 6.42 Å². The van der Waals surface area contributed by atoms with Crippen LogP contribution in [0.4, 0.5) is 13.2 Å². The fourth-order valence-electron chi connectivity index (χ4n) is 0.840. The van der Waals surface area contributed by atoms with Crippen molar-refractivity contribution < 1.29 is 18.0 Å². The van der Waals surface area contributed by atoms with Crippen LogP contribution in [0.1, 0.15) is 5.56 Å². The summed E-state index contributed by atoms with van der Waals surface area (Å²) in [5.74, 6) is -3.34. The lowest BCUT2D eigenvalue weighted by molar-refractivity contribution is -0.107. The van der Waals surface area contributed by atoms with E-state index in [9.17, 15) is 18.0 Å². The zero-order valence-corrected chi connectivity index (χ0v) is 5.98. The minimum Gasteiger partial charge on any atom is -0.303 e. The van der Waals surface area contributed by atoms with Crippen LogP contribution in [0.3, 0.4) is 0 Å². The van der Waals surface area contributed by atoms with E-state index >= 15 is 0 Å². The second-order valence-electron chi connectivity index (χ2n) is 2.19. The fourth-order valence-corrected chi connectivity index (χ4v) is 0.840. The molecule has 64 valence electrons. The Morgan fingerprint density at radius 2 is 1.75 bits per heavy atom. The molecule has 0 unspecified atom stereocenters. The molecule has 0 radical (unpaired) electrons. The highest BCUT2D eigenvalue weighted by atomic mass is 19.2. The van der Waals surface area contributed by atoms with Gasteiger partial charge < -0.3 is 4.79 Å². The smallest absolute Gasteiger partial charge is 0.165 e. The van der Waals surface area contributed by atoms with Gasteiger partial charge in [-0.05, 0) is 12.1 Å². The maximum Gasteiger partial charge on any atom is 0.165 e. The minimum absolute atomic E-state index is 0.320. The first kappa shape index (κ1) is 8.77. The molecule has 0 aliphatic heterocycles. The zero-order valence-electron chi connectivity index (χ0n) is 5.98. The Hall–Kier alpha value is -1.32. The third-order valence-corrected chi connectivity index (χ3v) is 1.43. The van der Waals surface area contributed by atoms with Crippen LogP contribution >= 0.6 is 0 Å². The van der Waals surface area contributed by atoms with E-state index in [1.807, 2.05) is 0 Å². The molecule has 1 aromatic rings. The molecule has 4 heteroatoms. The van der Waals surface area contributed by atoms with Crippen molar-refractivity contribution in [2.75, 3.05) is 0 Å². The van der Waals surface area contributed by atoms with Gasteiger partial charge in [0.2, 0.25) is 0 Å². The van der Waals surface area contributed by atoms with Crippen molar-refractivity contribution in [1.29, 1.82) is 0 Å². The van der Waals surface area contributed by atoms with Gasteiger partial charge in [-0.3, -0.25) is 0 Å². The molecule has 0 saturated heterocycles. The van der Waals surface area contributed by atoms with E-state index in [0.717, 1.165) is 6.07 Å². The van der Waals surface area contributed by atoms with Crippen molar-refractivity contribution in [1.82, 2.24) is 0 Å². The van der Waals surface area contributed by atoms with E-state index in [1.165, 1.54) is 0 Å². The van der Waals surface area contributed by atoms with E-state index in [1.54, 1.807) is 0 Å². The van der Waals surface area contributed by atoms with Gasteiger partial charge in [-0.25, -0.2) is 13.2 Å².